The van der Waals surface area contributed by atoms with Crippen molar-refractivity contribution in [1.29, 1.82) is 5.26 Å². The number of rotatable bonds is 4. The number of hydrogen-bond acceptors (Lipinski definition) is 3. The maximum atomic E-state index is 11.6. The molecule has 1 aromatic carbocycles. The van der Waals surface area contributed by atoms with E-state index in [1.165, 1.54) is 6.08 Å². The minimum Gasteiger partial charge on any atom is -0.348 e. The second-order valence-electron chi connectivity index (χ2n) is 3.86. The lowest BCUT2D eigenvalue weighted by atomic mass is 10.1. The van der Waals surface area contributed by atoms with Crippen LogP contribution in [0.15, 0.2) is 47.9 Å². The molecule has 1 N–H and O–H groups in total. The highest BCUT2D eigenvalue weighted by Crippen LogP contribution is 2.08. The van der Waals surface area contributed by atoms with Gasteiger partial charge in [-0.25, -0.2) is 0 Å². The van der Waals surface area contributed by atoms with Crippen LogP contribution in [0.3, 0.4) is 0 Å². The van der Waals surface area contributed by atoms with Crippen LogP contribution in [0.5, 0.6) is 0 Å². The van der Waals surface area contributed by atoms with Crippen molar-refractivity contribution in [2.24, 2.45) is 0 Å². The van der Waals surface area contributed by atoms with E-state index < -0.39 is 0 Å². The van der Waals surface area contributed by atoms with E-state index in [1.54, 1.807) is 29.5 Å². The first kappa shape index (κ1) is 13.1. The summed E-state index contributed by atoms with van der Waals surface area (Å²) in [5, 5.41) is 13.5. The number of carbonyl (C=O) groups is 1. The Morgan fingerprint density at radius 2 is 2.11 bits per heavy atom. The fourth-order valence-electron chi connectivity index (χ4n) is 1.49. The summed E-state index contributed by atoms with van der Waals surface area (Å²) in [5.74, 6) is -0.127. The summed E-state index contributed by atoms with van der Waals surface area (Å²) < 4.78 is 0. The molecule has 1 heterocycles. The highest BCUT2D eigenvalue weighted by Gasteiger charge is 1.97. The minimum atomic E-state index is -0.127. The summed E-state index contributed by atoms with van der Waals surface area (Å²) in [6.45, 7) is 0.550. The molecule has 1 aromatic heterocycles. The zero-order valence-electron chi connectivity index (χ0n) is 10.2. The number of benzene rings is 1. The van der Waals surface area contributed by atoms with Crippen LogP contribution in [-0.4, -0.2) is 5.91 Å². The standard InChI is InChI=1S/C15H12N2OS/c16-10-13-5-3-12(4-6-13)7-8-15(18)17-11-14-2-1-9-19-14/h1-9H,11H2,(H,17,18)/b8-7+. The molecular weight excluding hydrogens is 256 g/mol. The van der Waals surface area contributed by atoms with Gasteiger partial charge in [0.2, 0.25) is 5.91 Å². The summed E-state index contributed by atoms with van der Waals surface area (Å²) >= 11 is 1.61. The van der Waals surface area contributed by atoms with Crippen LogP contribution in [-0.2, 0) is 11.3 Å². The van der Waals surface area contributed by atoms with E-state index in [0.29, 0.717) is 12.1 Å². The molecule has 0 aliphatic carbocycles. The minimum absolute atomic E-state index is 0.127. The summed E-state index contributed by atoms with van der Waals surface area (Å²) in [6.07, 6.45) is 3.22. The van der Waals surface area contributed by atoms with Gasteiger partial charge in [0.05, 0.1) is 18.2 Å². The lowest BCUT2D eigenvalue weighted by Gasteiger charge is -1.99. The first-order valence-corrected chi connectivity index (χ1v) is 6.64. The topological polar surface area (TPSA) is 52.9 Å². The maximum Gasteiger partial charge on any atom is 0.244 e. The van der Waals surface area contributed by atoms with Crippen molar-refractivity contribution < 1.29 is 4.79 Å². The van der Waals surface area contributed by atoms with E-state index in [9.17, 15) is 4.79 Å². The van der Waals surface area contributed by atoms with Gasteiger partial charge < -0.3 is 5.32 Å². The van der Waals surface area contributed by atoms with Crippen molar-refractivity contribution in [1.82, 2.24) is 5.32 Å². The van der Waals surface area contributed by atoms with Gasteiger partial charge >= 0.3 is 0 Å². The Morgan fingerprint density at radius 1 is 1.32 bits per heavy atom. The van der Waals surface area contributed by atoms with Crippen LogP contribution in [0.1, 0.15) is 16.0 Å². The van der Waals surface area contributed by atoms with E-state index in [4.69, 9.17) is 5.26 Å². The molecule has 94 valence electrons. The van der Waals surface area contributed by atoms with Crippen LogP contribution in [0, 0.1) is 11.3 Å². The molecule has 3 nitrogen and oxygen atoms in total. The first-order chi connectivity index (χ1) is 9.28. The van der Waals surface area contributed by atoms with Gasteiger partial charge in [-0.2, -0.15) is 5.26 Å². The third-order valence-corrected chi connectivity index (χ3v) is 3.36. The van der Waals surface area contributed by atoms with Crippen molar-refractivity contribution in [3.05, 3.63) is 63.9 Å². The Balaban J connectivity index is 1.87. The highest BCUT2D eigenvalue weighted by molar-refractivity contribution is 7.09. The highest BCUT2D eigenvalue weighted by atomic mass is 32.1. The van der Waals surface area contributed by atoms with Gasteiger partial charge in [-0.3, -0.25) is 4.79 Å². The molecule has 0 atom stereocenters. The van der Waals surface area contributed by atoms with Crippen LogP contribution in [0.4, 0.5) is 0 Å². The molecule has 0 fully saturated rings. The van der Waals surface area contributed by atoms with Crippen molar-refractivity contribution in [2.75, 3.05) is 0 Å². The van der Waals surface area contributed by atoms with Crippen molar-refractivity contribution in [2.45, 2.75) is 6.54 Å². The maximum absolute atomic E-state index is 11.6. The Labute approximate surface area is 115 Å². The fraction of sp³-hybridized carbons (Fsp3) is 0.0667. The molecule has 0 aliphatic rings. The predicted octanol–water partition coefficient (Wildman–Crippen LogP) is 2.95. The first-order valence-electron chi connectivity index (χ1n) is 5.76. The number of hydrogen-bond donors (Lipinski definition) is 1. The summed E-state index contributed by atoms with van der Waals surface area (Å²) in [6, 6.07) is 13.1. The van der Waals surface area contributed by atoms with E-state index in [2.05, 4.69) is 11.4 Å². The normalized spacial score (nSPS) is 10.3. The van der Waals surface area contributed by atoms with Gasteiger partial charge in [0, 0.05) is 11.0 Å². The lowest BCUT2D eigenvalue weighted by Crippen LogP contribution is -2.19. The molecule has 1 amide bonds. The van der Waals surface area contributed by atoms with Gasteiger partial charge in [-0.05, 0) is 35.2 Å². The molecule has 0 radical (unpaired) electrons. The summed E-state index contributed by atoms with van der Waals surface area (Å²) in [5.41, 5.74) is 1.50. The van der Waals surface area contributed by atoms with E-state index in [0.717, 1.165) is 10.4 Å². The number of amides is 1. The molecule has 19 heavy (non-hydrogen) atoms. The molecule has 2 rings (SSSR count). The zero-order chi connectivity index (χ0) is 13.5. The number of nitriles is 1. The van der Waals surface area contributed by atoms with Gasteiger partial charge in [0.25, 0.3) is 0 Å². The molecular formula is C15H12N2OS. The fourth-order valence-corrected chi connectivity index (χ4v) is 2.13. The lowest BCUT2D eigenvalue weighted by molar-refractivity contribution is -0.116. The Morgan fingerprint density at radius 3 is 2.74 bits per heavy atom. The molecule has 0 saturated heterocycles. The zero-order valence-corrected chi connectivity index (χ0v) is 11.0. The monoisotopic (exact) mass is 268 g/mol. The Hall–Kier alpha value is -2.38. The predicted molar refractivity (Wildman–Crippen MR) is 76.4 cm³/mol. The molecule has 0 spiro atoms. The van der Waals surface area contributed by atoms with Crippen LogP contribution >= 0.6 is 11.3 Å². The Bertz CT molecular complexity index is 607. The molecule has 4 heteroatoms. The van der Waals surface area contributed by atoms with Crippen LogP contribution in [0.25, 0.3) is 6.08 Å². The van der Waals surface area contributed by atoms with Crippen molar-refractivity contribution in [3.63, 3.8) is 0 Å². The quantitative estimate of drug-likeness (QED) is 0.867. The molecule has 0 unspecified atom stereocenters. The number of thiophene rings is 1. The van der Waals surface area contributed by atoms with Crippen LogP contribution in [0.2, 0.25) is 0 Å². The number of nitrogens with zero attached hydrogens (tertiary/aromatic N) is 1. The van der Waals surface area contributed by atoms with E-state index in [1.807, 2.05) is 29.6 Å². The Kier molecular flexibility index (Phi) is 4.49. The average molecular weight is 268 g/mol. The summed E-state index contributed by atoms with van der Waals surface area (Å²) in [4.78, 5) is 12.7. The molecule has 2 aromatic rings. The third-order valence-electron chi connectivity index (χ3n) is 2.48. The van der Waals surface area contributed by atoms with E-state index >= 15 is 0 Å². The average Bonchev–Trinajstić information content (AvgIpc) is 2.96. The summed E-state index contributed by atoms with van der Waals surface area (Å²) in [7, 11) is 0. The van der Waals surface area contributed by atoms with Crippen molar-refractivity contribution in [3.8, 4) is 6.07 Å². The number of carbonyl (C=O) groups excluding carboxylic acids is 1. The van der Waals surface area contributed by atoms with Gasteiger partial charge in [0.1, 0.15) is 0 Å². The second-order valence-corrected chi connectivity index (χ2v) is 4.90. The van der Waals surface area contributed by atoms with Gasteiger partial charge in [-0.15, -0.1) is 11.3 Å². The smallest absolute Gasteiger partial charge is 0.244 e. The van der Waals surface area contributed by atoms with Crippen molar-refractivity contribution >= 4 is 23.3 Å². The number of nitrogens with one attached hydrogen (secondary N) is 1. The molecule has 0 aliphatic heterocycles. The third kappa shape index (κ3) is 4.09. The van der Waals surface area contributed by atoms with E-state index in [-0.39, 0.29) is 5.91 Å². The van der Waals surface area contributed by atoms with Gasteiger partial charge in [0.15, 0.2) is 0 Å². The SMILES string of the molecule is N#Cc1ccc(/C=C/C(=O)NCc2cccs2)cc1. The molecule has 0 bridgehead atoms. The van der Waals surface area contributed by atoms with Gasteiger partial charge in [-0.1, -0.05) is 18.2 Å². The largest absolute Gasteiger partial charge is 0.348 e. The van der Waals surface area contributed by atoms with Crippen LogP contribution < -0.4 is 5.32 Å². The molecule has 0 saturated carbocycles. The second kappa shape index (κ2) is 6.53.